The molecule has 1 aromatic heterocycles. The molecule has 1 amide bonds. The number of carbonyl (C=O) groups excluding carboxylic acids is 2. The fourth-order valence-electron chi connectivity index (χ4n) is 4.45. The van der Waals surface area contributed by atoms with Crippen LogP contribution in [0.1, 0.15) is 29.0 Å². The number of hydrogen-bond acceptors (Lipinski definition) is 6. The molecule has 33 heavy (non-hydrogen) atoms. The van der Waals surface area contributed by atoms with Crippen LogP contribution in [-0.2, 0) is 16.0 Å². The van der Waals surface area contributed by atoms with E-state index in [0.29, 0.717) is 11.3 Å². The van der Waals surface area contributed by atoms with Gasteiger partial charge in [0.1, 0.15) is 23.7 Å². The van der Waals surface area contributed by atoms with Gasteiger partial charge in [0.15, 0.2) is 0 Å². The number of aliphatic hydroxyl groups excluding tert-OH is 1. The number of ketones is 1. The first-order chi connectivity index (χ1) is 15.8. The number of aliphatic hydroxyl groups is 1. The number of carbonyl (C=O) groups is 2. The predicted octanol–water partition coefficient (Wildman–Crippen LogP) is 4.76. The van der Waals surface area contributed by atoms with E-state index in [-0.39, 0.29) is 17.4 Å². The Labute approximate surface area is 196 Å². The molecule has 2 aliphatic rings. The van der Waals surface area contributed by atoms with Gasteiger partial charge in [-0.1, -0.05) is 6.07 Å². The molecule has 7 heteroatoms. The Morgan fingerprint density at radius 3 is 2.55 bits per heavy atom. The summed E-state index contributed by atoms with van der Waals surface area (Å²) >= 11 is 1.45. The minimum absolute atomic E-state index is 0.0687. The van der Waals surface area contributed by atoms with Crippen molar-refractivity contribution < 1.29 is 19.4 Å². The minimum atomic E-state index is -0.696. The largest absolute Gasteiger partial charge is 0.507 e. The van der Waals surface area contributed by atoms with E-state index in [0.717, 1.165) is 28.3 Å². The Hall–Kier alpha value is -3.58. The number of Topliss-reactive ketones (excluding diaryl/α,β-unsaturated/α-hetero) is 1. The SMILES string of the molecule is CC1Cc2cc(/C(O)=C3/C(=O)C(=O)N(c4ccc(N(C)C)cc4)C3c3cccs3)ccc2O1. The third-order valence-electron chi connectivity index (χ3n) is 6.07. The summed E-state index contributed by atoms with van der Waals surface area (Å²) in [4.78, 5) is 30.7. The molecule has 2 unspecified atom stereocenters. The van der Waals surface area contributed by atoms with Gasteiger partial charge in [0.2, 0.25) is 0 Å². The fraction of sp³-hybridized carbons (Fsp3) is 0.231. The van der Waals surface area contributed by atoms with Gasteiger partial charge in [-0.25, -0.2) is 0 Å². The van der Waals surface area contributed by atoms with Crippen LogP contribution in [-0.4, -0.2) is 37.0 Å². The zero-order valence-electron chi connectivity index (χ0n) is 18.6. The van der Waals surface area contributed by atoms with E-state index in [4.69, 9.17) is 4.74 Å². The minimum Gasteiger partial charge on any atom is -0.507 e. The second kappa shape index (κ2) is 8.08. The van der Waals surface area contributed by atoms with Gasteiger partial charge in [-0.2, -0.15) is 0 Å². The molecular formula is C26H24N2O4S. The summed E-state index contributed by atoms with van der Waals surface area (Å²) in [7, 11) is 3.88. The number of anilines is 2. The van der Waals surface area contributed by atoms with E-state index < -0.39 is 17.7 Å². The lowest BCUT2D eigenvalue weighted by Crippen LogP contribution is -2.29. The zero-order chi connectivity index (χ0) is 23.3. The van der Waals surface area contributed by atoms with Crippen molar-refractivity contribution in [2.24, 2.45) is 0 Å². The van der Waals surface area contributed by atoms with E-state index in [1.54, 1.807) is 6.07 Å². The molecule has 2 aromatic carbocycles. The molecule has 0 bridgehead atoms. The van der Waals surface area contributed by atoms with Crippen LogP contribution in [0.25, 0.3) is 5.76 Å². The molecule has 1 fully saturated rings. The molecule has 0 aliphatic carbocycles. The maximum Gasteiger partial charge on any atom is 0.300 e. The molecular weight excluding hydrogens is 436 g/mol. The number of amides is 1. The monoisotopic (exact) mass is 460 g/mol. The van der Waals surface area contributed by atoms with Crippen LogP contribution in [0.5, 0.6) is 5.75 Å². The van der Waals surface area contributed by atoms with Gasteiger partial charge in [0.05, 0.1) is 5.57 Å². The van der Waals surface area contributed by atoms with Crippen LogP contribution < -0.4 is 14.5 Å². The number of rotatable bonds is 4. The summed E-state index contributed by atoms with van der Waals surface area (Å²) in [5.74, 6) is -0.713. The summed E-state index contributed by atoms with van der Waals surface area (Å²) in [6.07, 6.45) is 0.802. The predicted molar refractivity (Wildman–Crippen MR) is 130 cm³/mol. The molecule has 3 aromatic rings. The lowest BCUT2D eigenvalue weighted by atomic mass is 9.98. The molecule has 5 rings (SSSR count). The smallest absolute Gasteiger partial charge is 0.300 e. The van der Waals surface area contributed by atoms with Crippen LogP contribution in [0, 0.1) is 0 Å². The van der Waals surface area contributed by atoms with Crippen molar-refractivity contribution >= 4 is 40.2 Å². The molecule has 1 saturated heterocycles. The van der Waals surface area contributed by atoms with Crippen molar-refractivity contribution in [1.82, 2.24) is 0 Å². The summed E-state index contributed by atoms with van der Waals surface area (Å²) in [6, 6.07) is 15.9. The first-order valence-corrected chi connectivity index (χ1v) is 11.6. The van der Waals surface area contributed by atoms with Gasteiger partial charge < -0.3 is 14.7 Å². The number of nitrogens with zero attached hydrogens (tertiary/aromatic N) is 2. The molecule has 0 saturated carbocycles. The van der Waals surface area contributed by atoms with Crippen LogP contribution in [0.4, 0.5) is 11.4 Å². The van der Waals surface area contributed by atoms with E-state index in [9.17, 15) is 14.7 Å². The van der Waals surface area contributed by atoms with E-state index in [2.05, 4.69) is 0 Å². The maximum absolute atomic E-state index is 13.2. The number of hydrogen-bond donors (Lipinski definition) is 1. The standard InChI is InChI=1S/C26H24N2O4S/c1-15-13-17-14-16(6-11-20(17)32-15)24(29)22-23(21-5-4-12-33-21)28(26(31)25(22)30)19-9-7-18(8-10-19)27(2)3/h4-12,14-15,23,29H,13H2,1-3H3/b24-22-. The van der Waals surface area contributed by atoms with Gasteiger partial charge in [-0.3, -0.25) is 14.5 Å². The molecule has 0 spiro atoms. The lowest BCUT2D eigenvalue weighted by molar-refractivity contribution is -0.132. The molecule has 2 atom stereocenters. The van der Waals surface area contributed by atoms with Crippen LogP contribution in [0.2, 0.25) is 0 Å². The zero-order valence-corrected chi connectivity index (χ0v) is 19.4. The van der Waals surface area contributed by atoms with E-state index >= 15 is 0 Å². The quantitative estimate of drug-likeness (QED) is 0.345. The highest BCUT2D eigenvalue weighted by atomic mass is 32.1. The second-order valence-corrected chi connectivity index (χ2v) is 9.53. The summed E-state index contributed by atoms with van der Waals surface area (Å²) in [6.45, 7) is 1.99. The fourth-order valence-corrected chi connectivity index (χ4v) is 5.27. The molecule has 168 valence electrons. The van der Waals surface area contributed by atoms with Gasteiger partial charge >= 0.3 is 0 Å². The Morgan fingerprint density at radius 1 is 1.12 bits per heavy atom. The van der Waals surface area contributed by atoms with Crippen molar-refractivity contribution in [3.63, 3.8) is 0 Å². The number of thiophene rings is 1. The molecule has 1 N–H and O–H groups in total. The van der Waals surface area contributed by atoms with Gasteiger partial charge in [-0.15, -0.1) is 11.3 Å². The van der Waals surface area contributed by atoms with E-state index in [1.165, 1.54) is 16.2 Å². The Kier molecular flexibility index (Phi) is 5.21. The first-order valence-electron chi connectivity index (χ1n) is 10.8. The third kappa shape index (κ3) is 3.58. The number of benzene rings is 2. The van der Waals surface area contributed by atoms with Crippen molar-refractivity contribution in [2.75, 3.05) is 23.9 Å². The van der Waals surface area contributed by atoms with Crippen LogP contribution in [0.3, 0.4) is 0 Å². The van der Waals surface area contributed by atoms with Gasteiger partial charge in [-0.05, 0) is 66.4 Å². The van der Waals surface area contributed by atoms with Gasteiger partial charge in [0, 0.05) is 42.3 Å². The highest BCUT2D eigenvalue weighted by Gasteiger charge is 2.47. The highest BCUT2D eigenvalue weighted by Crippen LogP contribution is 2.44. The first kappa shape index (κ1) is 21.3. The Morgan fingerprint density at radius 2 is 1.88 bits per heavy atom. The van der Waals surface area contributed by atoms with Crippen molar-refractivity contribution in [2.45, 2.75) is 25.5 Å². The second-order valence-electron chi connectivity index (χ2n) is 8.55. The summed E-state index contributed by atoms with van der Waals surface area (Å²) in [5.41, 5.74) is 3.18. The third-order valence-corrected chi connectivity index (χ3v) is 7.00. The van der Waals surface area contributed by atoms with Gasteiger partial charge in [0.25, 0.3) is 11.7 Å². The molecule has 0 radical (unpaired) electrons. The van der Waals surface area contributed by atoms with Crippen molar-refractivity contribution in [3.8, 4) is 5.75 Å². The normalized spacial score (nSPS) is 21.2. The van der Waals surface area contributed by atoms with E-state index in [1.807, 2.05) is 79.8 Å². The van der Waals surface area contributed by atoms with Crippen molar-refractivity contribution in [1.29, 1.82) is 0 Å². The number of fused-ring (bicyclic) bond motifs is 1. The van der Waals surface area contributed by atoms with Crippen LogP contribution in [0.15, 0.2) is 65.6 Å². The lowest BCUT2D eigenvalue weighted by Gasteiger charge is -2.25. The Bertz CT molecular complexity index is 1260. The average Bonchev–Trinajstić information content (AvgIpc) is 3.51. The Balaban J connectivity index is 1.63. The number of ether oxygens (including phenoxy) is 1. The summed E-state index contributed by atoms with van der Waals surface area (Å²) < 4.78 is 5.76. The van der Waals surface area contributed by atoms with Crippen molar-refractivity contribution in [3.05, 3.63) is 81.6 Å². The average molecular weight is 461 g/mol. The molecule has 2 aliphatic heterocycles. The topological polar surface area (TPSA) is 70.1 Å². The molecule has 3 heterocycles. The maximum atomic E-state index is 13.2. The summed E-state index contributed by atoms with van der Waals surface area (Å²) in [5, 5.41) is 13.2. The molecule has 6 nitrogen and oxygen atoms in total. The van der Waals surface area contributed by atoms with Crippen LogP contribution >= 0.6 is 11.3 Å². The highest BCUT2D eigenvalue weighted by molar-refractivity contribution is 7.10.